The molecule has 2 atom stereocenters. The average Bonchev–Trinajstić information content (AvgIpc) is 2.50. The average molecular weight is 472 g/mol. The van der Waals surface area contributed by atoms with Crippen LogP contribution in [0.25, 0.3) is 0 Å². The number of hydrogen-bond acceptors (Lipinski definition) is 4. The van der Waals surface area contributed by atoms with Gasteiger partial charge in [0, 0.05) is 39.3 Å². The number of unbranched alkanes of at least 4 members (excludes halogenated alkanes) is 1. The summed E-state index contributed by atoms with van der Waals surface area (Å²) in [7, 11) is 0. The van der Waals surface area contributed by atoms with Gasteiger partial charge in [0.25, 0.3) is 0 Å². The fraction of sp³-hybridized carbons (Fsp3) is 0.941. The second-order valence-electron chi connectivity index (χ2n) is 6.26. The summed E-state index contributed by atoms with van der Waals surface area (Å²) in [5.74, 6) is 2.20. The second-order valence-corrected chi connectivity index (χ2v) is 7.24. The Kier molecular flexibility index (Phi) is 15.7. The second kappa shape index (κ2) is 15.5. The summed E-state index contributed by atoms with van der Waals surface area (Å²) in [6.07, 6.45) is 6.43. The molecule has 24 heavy (non-hydrogen) atoms. The van der Waals surface area contributed by atoms with Crippen LogP contribution in [0.3, 0.4) is 0 Å². The van der Waals surface area contributed by atoms with Gasteiger partial charge in [-0.05, 0) is 52.0 Å². The van der Waals surface area contributed by atoms with Gasteiger partial charge in [-0.1, -0.05) is 0 Å². The van der Waals surface area contributed by atoms with Crippen LogP contribution in [0.2, 0.25) is 0 Å². The Labute approximate surface area is 170 Å². The summed E-state index contributed by atoms with van der Waals surface area (Å²) in [4.78, 5) is 7.18. The predicted molar refractivity (Wildman–Crippen MR) is 118 cm³/mol. The minimum absolute atomic E-state index is 0. The fourth-order valence-electron chi connectivity index (χ4n) is 2.87. The normalized spacial score (nSPS) is 22.1. The first-order valence-corrected chi connectivity index (χ1v) is 10.4. The Bertz CT molecular complexity index is 324. The summed E-state index contributed by atoms with van der Waals surface area (Å²) >= 11 is 1.91. The number of rotatable bonds is 10. The van der Waals surface area contributed by atoms with Crippen molar-refractivity contribution in [3.05, 3.63) is 0 Å². The zero-order chi connectivity index (χ0) is 16.9. The molecule has 1 aliphatic heterocycles. The lowest BCUT2D eigenvalue weighted by Crippen LogP contribution is -2.45. The molecule has 1 heterocycles. The first kappa shape index (κ1) is 24.3. The van der Waals surface area contributed by atoms with E-state index in [4.69, 9.17) is 4.74 Å². The topological polar surface area (TPSA) is 48.9 Å². The standard InChI is InChI=1S/C17H36N4OS.HI/c1-5-18-17(19-9-6-7-12-23-4)20-10-8-11-21-13-15(2)22-16(3)14-21;/h15-16H,5-14H2,1-4H3,(H2,18,19,20);1H. The minimum Gasteiger partial charge on any atom is -0.373 e. The van der Waals surface area contributed by atoms with Crippen LogP contribution in [-0.4, -0.2) is 74.3 Å². The van der Waals surface area contributed by atoms with Crippen molar-refractivity contribution in [3.8, 4) is 0 Å². The molecule has 0 saturated carbocycles. The number of aliphatic imine (C=N–C) groups is 1. The summed E-state index contributed by atoms with van der Waals surface area (Å²) in [5.41, 5.74) is 0. The Morgan fingerprint density at radius 2 is 1.88 bits per heavy atom. The highest BCUT2D eigenvalue weighted by atomic mass is 127. The molecular weight excluding hydrogens is 435 g/mol. The molecule has 1 saturated heterocycles. The Morgan fingerprint density at radius 1 is 1.17 bits per heavy atom. The number of nitrogens with zero attached hydrogens (tertiary/aromatic N) is 2. The van der Waals surface area contributed by atoms with Gasteiger partial charge in [-0.25, -0.2) is 0 Å². The molecule has 5 nitrogen and oxygen atoms in total. The van der Waals surface area contributed by atoms with E-state index < -0.39 is 0 Å². The third-order valence-corrected chi connectivity index (χ3v) is 4.51. The molecule has 0 bridgehead atoms. The summed E-state index contributed by atoms with van der Waals surface area (Å²) < 4.78 is 5.77. The maximum absolute atomic E-state index is 5.77. The van der Waals surface area contributed by atoms with Crippen LogP contribution in [0.5, 0.6) is 0 Å². The largest absolute Gasteiger partial charge is 0.373 e. The Hall–Kier alpha value is 0.270. The summed E-state index contributed by atoms with van der Waals surface area (Å²) in [6, 6.07) is 0. The van der Waals surface area contributed by atoms with Gasteiger partial charge < -0.3 is 15.4 Å². The SMILES string of the molecule is CCNC(=NCCCN1CC(C)OC(C)C1)NCCCCSC.I. The van der Waals surface area contributed by atoms with E-state index in [1.165, 1.54) is 18.6 Å². The highest BCUT2D eigenvalue weighted by molar-refractivity contribution is 14.0. The van der Waals surface area contributed by atoms with Gasteiger partial charge in [0.1, 0.15) is 0 Å². The van der Waals surface area contributed by atoms with Crippen molar-refractivity contribution in [2.45, 2.75) is 52.2 Å². The number of morpholine rings is 1. The molecule has 1 aliphatic rings. The predicted octanol–water partition coefficient (Wildman–Crippen LogP) is 2.80. The first-order chi connectivity index (χ1) is 11.2. The number of guanidine groups is 1. The number of halogens is 1. The molecule has 0 radical (unpaired) electrons. The van der Waals surface area contributed by atoms with Crippen molar-refractivity contribution >= 4 is 41.7 Å². The molecule has 0 amide bonds. The van der Waals surface area contributed by atoms with E-state index in [1.54, 1.807) is 0 Å². The lowest BCUT2D eigenvalue weighted by Gasteiger charge is -2.35. The quantitative estimate of drug-likeness (QED) is 0.222. The van der Waals surface area contributed by atoms with Crippen molar-refractivity contribution in [1.29, 1.82) is 0 Å². The van der Waals surface area contributed by atoms with E-state index >= 15 is 0 Å². The molecule has 0 aromatic rings. The third-order valence-electron chi connectivity index (χ3n) is 3.81. The molecule has 1 rings (SSSR count). The van der Waals surface area contributed by atoms with Gasteiger partial charge in [0.15, 0.2) is 5.96 Å². The number of hydrogen-bond donors (Lipinski definition) is 2. The molecule has 0 aliphatic carbocycles. The van der Waals surface area contributed by atoms with E-state index in [0.717, 1.165) is 51.6 Å². The van der Waals surface area contributed by atoms with Crippen LogP contribution in [0.15, 0.2) is 4.99 Å². The van der Waals surface area contributed by atoms with E-state index in [-0.39, 0.29) is 24.0 Å². The molecule has 144 valence electrons. The summed E-state index contributed by atoms with van der Waals surface area (Å²) in [5, 5.41) is 6.75. The van der Waals surface area contributed by atoms with Gasteiger partial charge in [-0.15, -0.1) is 24.0 Å². The maximum Gasteiger partial charge on any atom is 0.191 e. The zero-order valence-electron chi connectivity index (χ0n) is 15.8. The molecule has 7 heteroatoms. The monoisotopic (exact) mass is 472 g/mol. The molecule has 0 spiro atoms. The smallest absolute Gasteiger partial charge is 0.191 e. The fourth-order valence-corrected chi connectivity index (χ4v) is 3.36. The van der Waals surface area contributed by atoms with Crippen LogP contribution in [0.4, 0.5) is 0 Å². The summed E-state index contributed by atoms with van der Waals surface area (Å²) in [6.45, 7) is 12.4. The van der Waals surface area contributed by atoms with E-state index in [2.05, 4.69) is 47.6 Å². The number of ether oxygens (including phenoxy) is 1. The van der Waals surface area contributed by atoms with E-state index in [0.29, 0.717) is 12.2 Å². The lowest BCUT2D eigenvalue weighted by molar-refractivity contribution is -0.0679. The highest BCUT2D eigenvalue weighted by Gasteiger charge is 2.21. The van der Waals surface area contributed by atoms with Crippen LogP contribution in [0.1, 0.15) is 40.0 Å². The Morgan fingerprint density at radius 3 is 2.50 bits per heavy atom. The molecule has 2 N–H and O–H groups in total. The van der Waals surface area contributed by atoms with Crippen LogP contribution in [-0.2, 0) is 4.74 Å². The minimum atomic E-state index is 0. The van der Waals surface area contributed by atoms with Crippen molar-refractivity contribution < 1.29 is 4.74 Å². The van der Waals surface area contributed by atoms with Crippen molar-refractivity contribution in [2.75, 3.05) is 51.3 Å². The van der Waals surface area contributed by atoms with E-state index in [9.17, 15) is 0 Å². The Balaban J connectivity index is 0.00000529. The molecule has 1 fully saturated rings. The van der Waals surface area contributed by atoms with Gasteiger partial charge >= 0.3 is 0 Å². The third kappa shape index (κ3) is 11.8. The van der Waals surface area contributed by atoms with Crippen LogP contribution < -0.4 is 10.6 Å². The van der Waals surface area contributed by atoms with Gasteiger partial charge in [0.05, 0.1) is 12.2 Å². The number of thioether (sulfide) groups is 1. The van der Waals surface area contributed by atoms with Crippen LogP contribution in [0, 0.1) is 0 Å². The highest BCUT2D eigenvalue weighted by Crippen LogP contribution is 2.10. The van der Waals surface area contributed by atoms with Crippen LogP contribution >= 0.6 is 35.7 Å². The molecule has 0 aromatic carbocycles. The van der Waals surface area contributed by atoms with E-state index in [1.807, 2.05) is 11.8 Å². The van der Waals surface area contributed by atoms with Crippen molar-refractivity contribution in [3.63, 3.8) is 0 Å². The first-order valence-electron chi connectivity index (χ1n) is 9.04. The number of nitrogens with one attached hydrogen (secondary N) is 2. The molecule has 2 unspecified atom stereocenters. The van der Waals surface area contributed by atoms with Gasteiger partial charge in [-0.2, -0.15) is 11.8 Å². The van der Waals surface area contributed by atoms with Gasteiger partial charge in [0.2, 0.25) is 0 Å². The molecule has 0 aromatic heterocycles. The van der Waals surface area contributed by atoms with Crippen molar-refractivity contribution in [2.24, 2.45) is 4.99 Å². The maximum atomic E-state index is 5.77. The molecular formula is C17H37IN4OS. The van der Waals surface area contributed by atoms with Gasteiger partial charge in [-0.3, -0.25) is 9.89 Å². The lowest BCUT2D eigenvalue weighted by atomic mass is 10.2. The van der Waals surface area contributed by atoms with Crippen molar-refractivity contribution in [1.82, 2.24) is 15.5 Å². The zero-order valence-corrected chi connectivity index (χ0v) is 19.0.